The number of nitrogens with zero attached hydrogens (tertiary/aromatic N) is 2. The van der Waals surface area contributed by atoms with Crippen LogP contribution in [0.4, 0.5) is 13.2 Å². The minimum atomic E-state index is -4.52. The van der Waals surface area contributed by atoms with Gasteiger partial charge in [-0.3, -0.25) is 0 Å². The van der Waals surface area contributed by atoms with Gasteiger partial charge in [-0.05, 0) is 0 Å². The molecule has 0 saturated carbocycles. The van der Waals surface area contributed by atoms with E-state index in [1.165, 1.54) is 0 Å². The third-order valence-corrected chi connectivity index (χ3v) is 1.16. The first-order chi connectivity index (χ1) is 5.55. The molecule has 0 aliphatic heterocycles. The topological polar surface area (TPSA) is 49.6 Å². The molecule has 72 valence electrons. The Morgan fingerprint density at radius 2 is 2.00 bits per heavy atom. The van der Waals surface area contributed by atoms with Crippen molar-refractivity contribution in [2.75, 3.05) is 0 Å². The fourth-order valence-electron chi connectivity index (χ4n) is 0.683. The maximum absolute atomic E-state index is 12.0. The van der Waals surface area contributed by atoms with Crippen molar-refractivity contribution in [2.45, 2.75) is 6.18 Å². The molecule has 0 fully saturated rings. The molecule has 0 aliphatic rings. The summed E-state index contributed by atoms with van der Waals surface area (Å²) in [6.45, 7) is 0. The molecule has 0 amide bonds. The molecule has 0 radical (unpaired) electrons. The van der Waals surface area contributed by atoms with Gasteiger partial charge in [0, 0.05) is 18.0 Å². The van der Waals surface area contributed by atoms with E-state index in [4.69, 9.17) is 5.41 Å². The van der Waals surface area contributed by atoms with Gasteiger partial charge in [-0.15, -0.1) is 12.4 Å². The molecule has 1 heterocycles. The first-order valence-corrected chi connectivity index (χ1v) is 2.93. The summed E-state index contributed by atoms with van der Waals surface area (Å²) >= 11 is 0. The van der Waals surface area contributed by atoms with Crippen LogP contribution in [-0.4, -0.2) is 16.2 Å². The Kier molecular flexibility index (Phi) is 3.80. The van der Waals surface area contributed by atoms with E-state index in [2.05, 4.69) is 9.97 Å². The Morgan fingerprint density at radius 1 is 1.38 bits per heavy atom. The number of halogens is 4. The highest BCUT2D eigenvalue weighted by molar-refractivity contribution is 5.85. The number of aromatic nitrogens is 2. The van der Waals surface area contributed by atoms with E-state index in [0.717, 1.165) is 12.5 Å². The summed E-state index contributed by atoms with van der Waals surface area (Å²) in [7, 11) is 0. The maximum atomic E-state index is 12.0. The second-order valence-electron chi connectivity index (χ2n) is 1.97. The number of hydrogen-bond acceptors (Lipinski definition) is 3. The molecular weight excluding hydrogens is 207 g/mol. The highest BCUT2D eigenvalue weighted by atomic mass is 35.5. The second kappa shape index (κ2) is 4.18. The summed E-state index contributed by atoms with van der Waals surface area (Å²) in [6.07, 6.45) is -2.20. The van der Waals surface area contributed by atoms with Gasteiger partial charge in [0.2, 0.25) is 0 Å². The van der Waals surface area contributed by atoms with Gasteiger partial charge in [0.25, 0.3) is 0 Å². The molecule has 0 atom stereocenters. The molecule has 0 bridgehead atoms. The Morgan fingerprint density at radius 3 is 2.38 bits per heavy atom. The normalized spacial score (nSPS) is 10.4. The van der Waals surface area contributed by atoms with Crippen LogP contribution in [-0.2, 0) is 6.18 Å². The molecule has 1 aromatic rings. The smallest absolute Gasteiger partial charge is 0.308 e. The number of alkyl halides is 3. The van der Waals surface area contributed by atoms with Crippen LogP contribution in [0, 0.1) is 5.41 Å². The molecule has 13 heavy (non-hydrogen) atoms. The average Bonchev–Trinajstić information content (AvgIpc) is 2.03. The van der Waals surface area contributed by atoms with Gasteiger partial charge < -0.3 is 5.41 Å². The monoisotopic (exact) mass is 211 g/mol. The molecule has 0 aromatic carbocycles. The minimum absolute atomic E-state index is 0. The molecule has 1 rings (SSSR count). The van der Waals surface area contributed by atoms with Gasteiger partial charge in [-0.2, -0.15) is 13.2 Å². The zero-order chi connectivity index (χ0) is 9.19. The lowest BCUT2D eigenvalue weighted by molar-refractivity contribution is -0.141. The fourth-order valence-corrected chi connectivity index (χ4v) is 0.683. The van der Waals surface area contributed by atoms with Crippen molar-refractivity contribution in [2.24, 2.45) is 0 Å². The third kappa shape index (κ3) is 2.66. The van der Waals surface area contributed by atoms with Crippen molar-refractivity contribution >= 4 is 18.6 Å². The van der Waals surface area contributed by atoms with Crippen molar-refractivity contribution in [1.29, 1.82) is 5.41 Å². The summed E-state index contributed by atoms with van der Waals surface area (Å²) in [4.78, 5) is 6.40. The van der Waals surface area contributed by atoms with E-state index < -0.39 is 11.9 Å². The van der Waals surface area contributed by atoms with Crippen LogP contribution in [0.15, 0.2) is 12.5 Å². The van der Waals surface area contributed by atoms with E-state index in [-0.39, 0.29) is 18.0 Å². The van der Waals surface area contributed by atoms with E-state index >= 15 is 0 Å². The summed E-state index contributed by atoms with van der Waals surface area (Å²) in [5, 5.41) is 6.66. The number of nitrogens with one attached hydrogen (secondary N) is 1. The molecule has 0 spiro atoms. The Balaban J connectivity index is 0.00000144. The third-order valence-electron chi connectivity index (χ3n) is 1.16. The SMILES string of the molecule is Cl.N=Cc1cncnc1C(F)(F)F. The van der Waals surface area contributed by atoms with Gasteiger partial charge in [0.1, 0.15) is 6.33 Å². The highest BCUT2D eigenvalue weighted by Gasteiger charge is 2.34. The standard InChI is InChI=1S/C6H4F3N3.ClH/c7-6(8,9)5-4(1-10)2-11-3-12-5;/h1-3,10H;1H. The van der Waals surface area contributed by atoms with Crippen LogP contribution in [0.1, 0.15) is 11.3 Å². The first-order valence-electron chi connectivity index (χ1n) is 2.93. The van der Waals surface area contributed by atoms with Gasteiger partial charge in [-0.1, -0.05) is 0 Å². The van der Waals surface area contributed by atoms with Crippen molar-refractivity contribution in [3.05, 3.63) is 23.8 Å². The Hall–Kier alpha value is -1.17. The van der Waals surface area contributed by atoms with Crippen LogP contribution >= 0.6 is 12.4 Å². The first kappa shape index (κ1) is 11.8. The molecule has 0 saturated heterocycles. The van der Waals surface area contributed by atoms with Gasteiger partial charge in [0.15, 0.2) is 5.69 Å². The van der Waals surface area contributed by atoms with Gasteiger partial charge in [-0.25, -0.2) is 9.97 Å². The lowest BCUT2D eigenvalue weighted by Crippen LogP contribution is -2.11. The molecule has 3 nitrogen and oxygen atoms in total. The van der Waals surface area contributed by atoms with Crippen molar-refractivity contribution in [3.8, 4) is 0 Å². The van der Waals surface area contributed by atoms with Crippen molar-refractivity contribution < 1.29 is 13.2 Å². The van der Waals surface area contributed by atoms with Gasteiger partial charge >= 0.3 is 6.18 Å². The minimum Gasteiger partial charge on any atom is -0.308 e. The highest BCUT2D eigenvalue weighted by Crippen LogP contribution is 2.28. The fraction of sp³-hybridized carbons (Fsp3) is 0.167. The molecule has 7 heteroatoms. The second-order valence-corrected chi connectivity index (χ2v) is 1.97. The molecule has 0 aliphatic carbocycles. The molecular formula is C6H5ClF3N3. The molecule has 1 N–H and O–H groups in total. The lowest BCUT2D eigenvalue weighted by Gasteiger charge is -2.06. The quantitative estimate of drug-likeness (QED) is 0.722. The largest absolute Gasteiger partial charge is 0.434 e. The molecule has 0 unspecified atom stereocenters. The van der Waals surface area contributed by atoms with Crippen molar-refractivity contribution in [3.63, 3.8) is 0 Å². The van der Waals surface area contributed by atoms with Crippen LogP contribution in [0.5, 0.6) is 0 Å². The van der Waals surface area contributed by atoms with Crippen LogP contribution in [0.25, 0.3) is 0 Å². The van der Waals surface area contributed by atoms with Crippen LogP contribution in [0.2, 0.25) is 0 Å². The summed E-state index contributed by atoms with van der Waals surface area (Å²) in [5.41, 5.74) is -1.41. The van der Waals surface area contributed by atoms with E-state index in [1.807, 2.05) is 0 Å². The summed E-state index contributed by atoms with van der Waals surface area (Å²) in [6, 6.07) is 0. The summed E-state index contributed by atoms with van der Waals surface area (Å²) in [5.74, 6) is 0. The van der Waals surface area contributed by atoms with E-state index in [9.17, 15) is 13.2 Å². The Labute approximate surface area is 77.9 Å². The van der Waals surface area contributed by atoms with E-state index in [1.54, 1.807) is 0 Å². The van der Waals surface area contributed by atoms with Crippen LogP contribution < -0.4 is 0 Å². The molecule has 1 aromatic heterocycles. The zero-order valence-corrected chi connectivity index (χ0v) is 6.99. The van der Waals surface area contributed by atoms with Gasteiger partial charge in [0.05, 0.1) is 0 Å². The van der Waals surface area contributed by atoms with Crippen LogP contribution in [0.3, 0.4) is 0 Å². The van der Waals surface area contributed by atoms with E-state index in [0.29, 0.717) is 6.21 Å². The lowest BCUT2D eigenvalue weighted by atomic mass is 10.2. The van der Waals surface area contributed by atoms with Crippen molar-refractivity contribution in [1.82, 2.24) is 9.97 Å². The number of rotatable bonds is 1. The zero-order valence-electron chi connectivity index (χ0n) is 6.17. The predicted molar refractivity (Wildman–Crippen MR) is 42.2 cm³/mol. The predicted octanol–water partition coefficient (Wildman–Crippen LogP) is 1.91. The number of hydrogen-bond donors (Lipinski definition) is 1. The maximum Gasteiger partial charge on any atom is 0.434 e. The summed E-state index contributed by atoms with van der Waals surface area (Å²) < 4.78 is 36.1. The Bertz CT molecular complexity index is 299. The average molecular weight is 212 g/mol.